The molecular formula is C16H23ClN2O3. The average molecular weight is 327 g/mol. The quantitative estimate of drug-likeness (QED) is 0.816. The Balaban J connectivity index is 0.00000242. The van der Waals surface area contributed by atoms with E-state index in [4.69, 9.17) is 4.74 Å². The van der Waals surface area contributed by atoms with Gasteiger partial charge in [0.15, 0.2) is 0 Å². The van der Waals surface area contributed by atoms with Crippen LogP contribution in [0.2, 0.25) is 0 Å². The Labute approximate surface area is 137 Å². The first-order chi connectivity index (χ1) is 10.1. The van der Waals surface area contributed by atoms with Gasteiger partial charge >= 0.3 is 5.97 Å². The first kappa shape index (κ1) is 18.5. The molecule has 1 unspecified atom stereocenters. The molecule has 0 aliphatic carbocycles. The van der Waals surface area contributed by atoms with Gasteiger partial charge in [0.1, 0.15) is 0 Å². The summed E-state index contributed by atoms with van der Waals surface area (Å²) in [6.45, 7) is 3.95. The highest BCUT2D eigenvalue weighted by molar-refractivity contribution is 5.95. The number of halogens is 1. The Morgan fingerprint density at radius 3 is 2.82 bits per heavy atom. The van der Waals surface area contributed by atoms with Gasteiger partial charge in [-0.05, 0) is 56.5 Å². The number of amides is 1. The first-order valence-corrected chi connectivity index (χ1v) is 7.29. The van der Waals surface area contributed by atoms with Crippen molar-refractivity contribution in [3.8, 4) is 0 Å². The largest absolute Gasteiger partial charge is 0.465 e. The SMILES string of the molecule is COC(=O)c1ccc(C)c(NC(=O)CCC2CCNC2)c1.Cl. The van der Waals surface area contributed by atoms with Crippen LogP contribution < -0.4 is 10.6 Å². The lowest BCUT2D eigenvalue weighted by Gasteiger charge is -2.11. The molecule has 6 heteroatoms. The highest BCUT2D eigenvalue weighted by Gasteiger charge is 2.16. The van der Waals surface area contributed by atoms with Crippen molar-refractivity contribution in [2.75, 3.05) is 25.5 Å². The summed E-state index contributed by atoms with van der Waals surface area (Å²) in [5, 5.41) is 6.18. The Bertz CT molecular complexity index is 528. The molecule has 1 atom stereocenters. The zero-order chi connectivity index (χ0) is 15.2. The fourth-order valence-corrected chi connectivity index (χ4v) is 2.51. The molecule has 1 saturated heterocycles. The highest BCUT2D eigenvalue weighted by Crippen LogP contribution is 2.19. The molecule has 0 bridgehead atoms. The monoisotopic (exact) mass is 326 g/mol. The van der Waals surface area contributed by atoms with Gasteiger partial charge < -0.3 is 15.4 Å². The van der Waals surface area contributed by atoms with E-state index >= 15 is 0 Å². The summed E-state index contributed by atoms with van der Waals surface area (Å²) in [7, 11) is 1.34. The zero-order valence-corrected chi connectivity index (χ0v) is 13.8. The Hall–Kier alpha value is -1.59. The lowest BCUT2D eigenvalue weighted by atomic mass is 10.0. The second kappa shape index (κ2) is 8.76. The summed E-state index contributed by atoms with van der Waals surface area (Å²) in [5.74, 6) is 0.188. The number of benzene rings is 1. The van der Waals surface area contributed by atoms with Crippen molar-refractivity contribution in [2.24, 2.45) is 5.92 Å². The molecule has 2 N–H and O–H groups in total. The zero-order valence-electron chi connectivity index (χ0n) is 13.0. The molecule has 1 fully saturated rings. The van der Waals surface area contributed by atoms with Crippen molar-refractivity contribution in [1.82, 2.24) is 5.32 Å². The summed E-state index contributed by atoms with van der Waals surface area (Å²) in [4.78, 5) is 23.5. The number of ether oxygens (including phenoxy) is 1. The highest BCUT2D eigenvalue weighted by atomic mass is 35.5. The van der Waals surface area contributed by atoms with Gasteiger partial charge in [0.2, 0.25) is 5.91 Å². The summed E-state index contributed by atoms with van der Waals surface area (Å²) in [5.41, 5.74) is 2.05. The molecule has 5 nitrogen and oxygen atoms in total. The van der Waals surface area contributed by atoms with Gasteiger partial charge in [-0.2, -0.15) is 0 Å². The fourth-order valence-electron chi connectivity index (χ4n) is 2.51. The third-order valence-corrected chi connectivity index (χ3v) is 3.87. The van der Waals surface area contributed by atoms with Crippen LogP contribution in [0.3, 0.4) is 0 Å². The van der Waals surface area contributed by atoms with E-state index in [2.05, 4.69) is 10.6 Å². The van der Waals surface area contributed by atoms with Crippen molar-refractivity contribution in [2.45, 2.75) is 26.2 Å². The molecule has 1 aromatic carbocycles. The van der Waals surface area contributed by atoms with Crippen molar-refractivity contribution in [3.05, 3.63) is 29.3 Å². The van der Waals surface area contributed by atoms with E-state index in [1.54, 1.807) is 12.1 Å². The minimum atomic E-state index is -0.400. The molecule has 1 aliphatic rings. The van der Waals surface area contributed by atoms with E-state index in [-0.39, 0.29) is 18.3 Å². The van der Waals surface area contributed by atoms with Gasteiger partial charge in [-0.3, -0.25) is 4.79 Å². The second-order valence-corrected chi connectivity index (χ2v) is 5.47. The Morgan fingerprint density at radius 2 is 2.18 bits per heavy atom. The Morgan fingerprint density at radius 1 is 1.41 bits per heavy atom. The molecule has 1 heterocycles. The summed E-state index contributed by atoms with van der Waals surface area (Å²) in [6.07, 6.45) is 2.55. The van der Waals surface area contributed by atoms with Crippen LogP contribution >= 0.6 is 12.4 Å². The first-order valence-electron chi connectivity index (χ1n) is 7.29. The second-order valence-electron chi connectivity index (χ2n) is 5.47. The third-order valence-electron chi connectivity index (χ3n) is 3.87. The lowest BCUT2D eigenvalue weighted by molar-refractivity contribution is -0.116. The van der Waals surface area contributed by atoms with Crippen molar-refractivity contribution < 1.29 is 14.3 Å². The molecule has 22 heavy (non-hydrogen) atoms. The Kier molecular flexibility index (Phi) is 7.35. The molecular weight excluding hydrogens is 304 g/mol. The van der Waals surface area contributed by atoms with Crippen LogP contribution in [-0.4, -0.2) is 32.1 Å². The number of hydrogen-bond acceptors (Lipinski definition) is 4. The molecule has 122 valence electrons. The molecule has 0 aromatic heterocycles. The molecule has 1 aromatic rings. The van der Waals surface area contributed by atoms with Crippen LogP contribution in [-0.2, 0) is 9.53 Å². The fraction of sp³-hybridized carbons (Fsp3) is 0.500. The smallest absolute Gasteiger partial charge is 0.337 e. The summed E-state index contributed by atoms with van der Waals surface area (Å²) in [6, 6.07) is 5.17. The number of hydrogen-bond donors (Lipinski definition) is 2. The van der Waals surface area contributed by atoms with Crippen molar-refractivity contribution >= 4 is 30.0 Å². The van der Waals surface area contributed by atoms with Gasteiger partial charge in [-0.25, -0.2) is 4.79 Å². The minimum absolute atomic E-state index is 0. The molecule has 1 amide bonds. The van der Waals surface area contributed by atoms with Crippen LogP contribution in [0.1, 0.15) is 35.2 Å². The third kappa shape index (κ3) is 5.00. The van der Waals surface area contributed by atoms with E-state index in [1.165, 1.54) is 7.11 Å². The molecule has 0 spiro atoms. The van der Waals surface area contributed by atoms with Gasteiger partial charge in [-0.15, -0.1) is 12.4 Å². The predicted molar refractivity (Wildman–Crippen MR) is 88.6 cm³/mol. The van der Waals surface area contributed by atoms with E-state index in [1.807, 2.05) is 13.0 Å². The van der Waals surface area contributed by atoms with Crippen LogP contribution in [0.25, 0.3) is 0 Å². The average Bonchev–Trinajstić information content (AvgIpc) is 3.00. The van der Waals surface area contributed by atoms with Gasteiger partial charge in [0.05, 0.1) is 12.7 Å². The molecule has 0 radical (unpaired) electrons. The lowest BCUT2D eigenvalue weighted by Crippen LogP contribution is -2.16. The van der Waals surface area contributed by atoms with E-state index in [9.17, 15) is 9.59 Å². The van der Waals surface area contributed by atoms with Crippen LogP contribution in [0, 0.1) is 12.8 Å². The predicted octanol–water partition coefficient (Wildman–Crippen LogP) is 2.53. The molecule has 1 aliphatic heterocycles. The maximum atomic E-state index is 12.0. The van der Waals surface area contributed by atoms with Gasteiger partial charge in [0, 0.05) is 12.1 Å². The summed E-state index contributed by atoms with van der Waals surface area (Å²) < 4.78 is 4.69. The van der Waals surface area contributed by atoms with Crippen molar-refractivity contribution in [3.63, 3.8) is 0 Å². The number of methoxy groups -OCH3 is 1. The number of nitrogens with one attached hydrogen (secondary N) is 2. The topological polar surface area (TPSA) is 67.4 Å². The van der Waals surface area contributed by atoms with Crippen LogP contribution in [0.4, 0.5) is 5.69 Å². The molecule has 2 rings (SSSR count). The number of aryl methyl sites for hydroxylation is 1. The van der Waals surface area contributed by atoms with E-state index in [0.29, 0.717) is 23.6 Å². The van der Waals surface area contributed by atoms with E-state index in [0.717, 1.165) is 31.5 Å². The number of rotatable bonds is 5. The maximum Gasteiger partial charge on any atom is 0.337 e. The normalized spacial score (nSPS) is 16.7. The molecule has 0 saturated carbocycles. The van der Waals surface area contributed by atoms with Gasteiger partial charge in [-0.1, -0.05) is 6.07 Å². The van der Waals surface area contributed by atoms with Crippen molar-refractivity contribution in [1.29, 1.82) is 0 Å². The number of esters is 1. The van der Waals surface area contributed by atoms with Gasteiger partial charge in [0.25, 0.3) is 0 Å². The van der Waals surface area contributed by atoms with Crippen LogP contribution in [0.5, 0.6) is 0 Å². The number of carbonyl (C=O) groups is 2. The standard InChI is InChI=1S/C16H22N2O3.ClH/c1-11-3-5-13(16(20)21-2)9-14(11)18-15(19)6-4-12-7-8-17-10-12;/h3,5,9,12,17H,4,6-8,10H2,1-2H3,(H,18,19);1H. The maximum absolute atomic E-state index is 12.0. The minimum Gasteiger partial charge on any atom is -0.465 e. The van der Waals surface area contributed by atoms with E-state index < -0.39 is 5.97 Å². The summed E-state index contributed by atoms with van der Waals surface area (Å²) >= 11 is 0. The van der Waals surface area contributed by atoms with Crippen LogP contribution in [0.15, 0.2) is 18.2 Å². The number of anilines is 1. The number of carbonyl (C=O) groups excluding carboxylic acids is 2.